The number of esters is 1. The van der Waals surface area contributed by atoms with Gasteiger partial charge in [0, 0.05) is 5.75 Å². The molecule has 1 N–H and O–H groups in total. The van der Waals surface area contributed by atoms with Crippen LogP contribution in [0.15, 0.2) is 59.6 Å². The molecule has 6 heteroatoms. The number of hydrogen-bond donors (Lipinski definition) is 1. The van der Waals surface area contributed by atoms with Crippen LogP contribution in [-0.2, 0) is 9.53 Å². The number of ether oxygens (including phenoxy) is 1. The summed E-state index contributed by atoms with van der Waals surface area (Å²) in [4.78, 5) is 18.9. The number of amidine groups is 1. The van der Waals surface area contributed by atoms with E-state index in [1.54, 1.807) is 11.8 Å². The van der Waals surface area contributed by atoms with Crippen molar-refractivity contribution in [2.45, 2.75) is 12.1 Å². The van der Waals surface area contributed by atoms with Gasteiger partial charge >= 0.3 is 5.97 Å². The highest BCUT2D eigenvalue weighted by Crippen LogP contribution is 2.49. The fraction of sp³-hybridized carbons (Fsp3) is 0.222. The van der Waals surface area contributed by atoms with Gasteiger partial charge in [0.15, 0.2) is 5.17 Å². The average molecular weight is 339 g/mol. The summed E-state index contributed by atoms with van der Waals surface area (Å²) >= 11 is 1.65. The molecule has 2 aliphatic rings. The highest BCUT2D eigenvalue weighted by molar-refractivity contribution is 8.14. The van der Waals surface area contributed by atoms with Gasteiger partial charge in [-0.05, 0) is 24.3 Å². The fourth-order valence-electron chi connectivity index (χ4n) is 3.13. The van der Waals surface area contributed by atoms with E-state index in [1.165, 1.54) is 7.11 Å². The summed E-state index contributed by atoms with van der Waals surface area (Å²) in [6.45, 7) is 0. The number of rotatable bonds is 3. The lowest BCUT2D eigenvalue weighted by Gasteiger charge is -2.31. The Balaban J connectivity index is 1.77. The molecule has 0 bridgehead atoms. The van der Waals surface area contributed by atoms with E-state index in [4.69, 9.17) is 9.73 Å². The molecule has 0 spiro atoms. The minimum atomic E-state index is -0.519. The van der Waals surface area contributed by atoms with Crippen molar-refractivity contribution < 1.29 is 9.53 Å². The molecule has 1 atom stereocenters. The van der Waals surface area contributed by atoms with Gasteiger partial charge in [-0.3, -0.25) is 9.69 Å². The van der Waals surface area contributed by atoms with Gasteiger partial charge in [0.25, 0.3) is 0 Å². The maximum atomic E-state index is 12.0. The maximum Gasteiger partial charge on any atom is 0.309 e. The number of benzene rings is 2. The third-order valence-corrected chi connectivity index (χ3v) is 5.37. The van der Waals surface area contributed by atoms with Crippen LogP contribution in [-0.4, -0.2) is 29.7 Å². The third kappa shape index (κ3) is 2.43. The second-order valence-corrected chi connectivity index (χ2v) is 6.72. The van der Waals surface area contributed by atoms with E-state index in [9.17, 15) is 4.79 Å². The zero-order valence-corrected chi connectivity index (χ0v) is 14.0. The lowest BCUT2D eigenvalue weighted by Crippen LogP contribution is -2.51. The second-order valence-electron chi connectivity index (χ2n) is 5.78. The lowest BCUT2D eigenvalue weighted by molar-refractivity contribution is -0.141. The highest BCUT2D eigenvalue weighted by atomic mass is 32.2. The smallest absolute Gasteiger partial charge is 0.309 e. The summed E-state index contributed by atoms with van der Waals surface area (Å²) in [7, 11) is 1.42. The van der Waals surface area contributed by atoms with Gasteiger partial charge in [-0.1, -0.05) is 42.1 Å². The summed E-state index contributed by atoms with van der Waals surface area (Å²) in [6.07, 6.45) is 0.263. The van der Waals surface area contributed by atoms with Crippen LogP contribution in [0, 0.1) is 0 Å². The molecule has 1 unspecified atom stereocenters. The Morgan fingerprint density at radius 2 is 2.00 bits per heavy atom. The van der Waals surface area contributed by atoms with Crippen LogP contribution >= 0.6 is 11.8 Å². The normalized spacial score (nSPS) is 22.9. The van der Waals surface area contributed by atoms with E-state index < -0.39 is 5.66 Å². The molecule has 24 heavy (non-hydrogen) atoms. The molecule has 0 aromatic heterocycles. The summed E-state index contributed by atoms with van der Waals surface area (Å²) < 4.78 is 4.91. The molecule has 0 radical (unpaired) electrons. The quantitative estimate of drug-likeness (QED) is 0.866. The number of anilines is 2. The number of carbonyl (C=O) groups excluding carboxylic acids is 1. The molecule has 0 amide bonds. The van der Waals surface area contributed by atoms with Crippen molar-refractivity contribution in [3.8, 4) is 0 Å². The summed E-state index contributed by atoms with van der Waals surface area (Å²) in [5.74, 6) is 0.490. The number of nitrogens with one attached hydrogen (secondary N) is 1. The zero-order chi connectivity index (χ0) is 16.6. The molecule has 122 valence electrons. The molecule has 2 heterocycles. The molecule has 0 saturated carbocycles. The number of para-hydroxylation sites is 3. The number of aliphatic imine (C=N–C) groups is 1. The van der Waals surface area contributed by atoms with Gasteiger partial charge < -0.3 is 10.1 Å². The van der Waals surface area contributed by atoms with Gasteiger partial charge in [-0.2, -0.15) is 0 Å². The van der Waals surface area contributed by atoms with Crippen LogP contribution in [0.3, 0.4) is 0 Å². The van der Waals surface area contributed by atoms with Crippen LogP contribution in [0.4, 0.5) is 17.1 Å². The first-order valence-electron chi connectivity index (χ1n) is 7.73. The molecular formula is C18H17N3O2S. The summed E-state index contributed by atoms with van der Waals surface area (Å²) in [5, 5.41) is 4.41. The first-order valence-corrected chi connectivity index (χ1v) is 8.71. The Bertz CT molecular complexity index is 809. The van der Waals surface area contributed by atoms with Gasteiger partial charge in [0.05, 0.1) is 30.6 Å². The maximum absolute atomic E-state index is 12.0. The highest BCUT2D eigenvalue weighted by Gasteiger charge is 2.52. The van der Waals surface area contributed by atoms with Crippen LogP contribution in [0.2, 0.25) is 0 Å². The number of thioether (sulfide) groups is 1. The second kappa shape index (κ2) is 5.87. The predicted octanol–water partition coefficient (Wildman–Crippen LogP) is 3.61. The molecule has 2 aromatic carbocycles. The van der Waals surface area contributed by atoms with Crippen molar-refractivity contribution in [3.05, 3.63) is 54.6 Å². The van der Waals surface area contributed by atoms with Crippen molar-refractivity contribution in [2.75, 3.05) is 23.1 Å². The van der Waals surface area contributed by atoms with Gasteiger partial charge in [-0.15, -0.1) is 0 Å². The van der Waals surface area contributed by atoms with Crippen molar-refractivity contribution in [1.82, 2.24) is 0 Å². The van der Waals surface area contributed by atoms with E-state index in [1.807, 2.05) is 54.6 Å². The van der Waals surface area contributed by atoms with Crippen LogP contribution in [0.1, 0.15) is 6.42 Å². The number of fused-ring (bicyclic) bond motifs is 3. The average Bonchev–Trinajstić information content (AvgIpc) is 3.10. The van der Waals surface area contributed by atoms with E-state index in [0.29, 0.717) is 0 Å². The van der Waals surface area contributed by atoms with Crippen molar-refractivity contribution in [3.63, 3.8) is 0 Å². The molecule has 5 nitrogen and oxygen atoms in total. The number of carbonyl (C=O) groups is 1. The molecule has 2 aromatic rings. The van der Waals surface area contributed by atoms with E-state index in [0.717, 1.165) is 28.0 Å². The Morgan fingerprint density at radius 1 is 1.25 bits per heavy atom. The first kappa shape index (κ1) is 15.1. The fourth-order valence-corrected chi connectivity index (χ4v) is 4.37. The Hall–Kier alpha value is -2.47. The Kier molecular flexibility index (Phi) is 3.69. The Labute approximate surface area is 144 Å². The minimum absolute atomic E-state index is 0.234. The van der Waals surface area contributed by atoms with Crippen molar-refractivity contribution >= 4 is 40.0 Å². The van der Waals surface area contributed by atoms with E-state index >= 15 is 0 Å². The van der Waals surface area contributed by atoms with Crippen LogP contribution in [0.5, 0.6) is 0 Å². The SMILES string of the molecule is COC(=O)CC12CSC(=Nc3ccccc3)N1c1ccccc1N2. The van der Waals surface area contributed by atoms with Crippen LogP contribution < -0.4 is 10.2 Å². The number of hydrogen-bond acceptors (Lipinski definition) is 5. The van der Waals surface area contributed by atoms with Gasteiger partial charge in [0.1, 0.15) is 5.66 Å². The molecule has 1 saturated heterocycles. The predicted molar refractivity (Wildman–Crippen MR) is 97.9 cm³/mol. The van der Waals surface area contributed by atoms with Gasteiger partial charge in [0.2, 0.25) is 0 Å². The molecule has 4 rings (SSSR count). The number of nitrogens with zero attached hydrogens (tertiary/aromatic N) is 2. The molecule has 2 aliphatic heterocycles. The topological polar surface area (TPSA) is 53.9 Å². The first-order chi connectivity index (χ1) is 11.7. The Morgan fingerprint density at radius 3 is 2.79 bits per heavy atom. The van der Waals surface area contributed by atoms with E-state index in [-0.39, 0.29) is 12.4 Å². The minimum Gasteiger partial charge on any atom is -0.469 e. The van der Waals surface area contributed by atoms with Crippen molar-refractivity contribution in [1.29, 1.82) is 0 Å². The number of methoxy groups -OCH3 is 1. The standard InChI is InChI=1S/C18H17N3O2S/c1-23-16(22)11-18-12-24-17(19-13-7-3-2-4-8-13)21(18)15-10-6-5-9-14(15)20-18/h2-10,20H,11-12H2,1H3. The summed E-state index contributed by atoms with van der Waals surface area (Å²) in [6, 6.07) is 17.9. The van der Waals surface area contributed by atoms with E-state index in [2.05, 4.69) is 10.2 Å². The summed E-state index contributed by atoms with van der Waals surface area (Å²) in [5.41, 5.74) is 2.44. The lowest BCUT2D eigenvalue weighted by atomic mass is 10.1. The molecule has 0 aliphatic carbocycles. The zero-order valence-electron chi connectivity index (χ0n) is 13.2. The van der Waals surface area contributed by atoms with Gasteiger partial charge in [-0.25, -0.2) is 4.99 Å². The molecular weight excluding hydrogens is 322 g/mol. The molecule has 1 fully saturated rings. The largest absolute Gasteiger partial charge is 0.469 e. The van der Waals surface area contributed by atoms with Crippen molar-refractivity contribution in [2.24, 2.45) is 4.99 Å². The monoisotopic (exact) mass is 339 g/mol. The van der Waals surface area contributed by atoms with Crippen LogP contribution in [0.25, 0.3) is 0 Å². The third-order valence-electron chi connectivity index (χ3n) is 4.22.